The van der Waals surface area contributed by atoms with Gasteiger partial charge in [-0.2, -0.15) is 0 Å². The predicted molar refractivity (Wildman–Crippen MR) is 110 cm³/mol. The first-order chi connectivity index (χ1) is 13.9. The van der Waals surface area contributed by atoms with E-state index in [9.17, 15) is 18.0 Å². The molecule has 4 rings (SSSR count). The van der Waals surface area contributed by atoms with E-state index >= 15 is 0 Å². The van der Waals surface area contributed by atoms with Crippen molar-refractivity contribution in [1.29, 1.82) is 0 Å². The Morgan fingerprint density at radius 2 is 1.66 bits per heavy atom. The molecule has 0 spiro atoms. The highest BCUT2D eigenvalue weighted by molar-refractivity contribution is 7.92. The molecule has 1 atom stereocenters. The van der Waals surface area contributed by atoms with E-state index in [1.54, 1.807) is 36.4 Å². The molecule has 29 heavy (non-hydrogen) atoms. The highest BCUT2D eigenvalue weighted by atomic mass is 32.2. The Morgan fingerprint density at radius 1 is 0.966 bits per heavy atom. The standard InChI is InChI=1S/C22H24N2O4S/c25-21-14-13-18(23-21)15-9-11-16(12-10-15)22(26)24-19-7-3-4-8-20(19)29(27,28)17-5-1-2-6-17/h3-4,7-12,17-18H,1-2,5-6,13-14H2,(H,23,25)(H,24,26). The normalized spacial score (nSPS) is 19.9. The maximum absolute atomic E-state index is 13.0. The molecule has 1 saturated heterocycles. The van der Waals surface area contributed by atoms with E-state index in [1.807, 2.05) is 12.1 Å². The summed E-state index contributed by atoms with van der Waals surface area (Å²) in [6.07, 6.45) is 4.45. The lowest BCUT2D eigenvalue weighted by molar-refractivity contribution is -0.119. The number of anilines is 1. The highest BCUT2D eigenvalue weighted by Gasteiger charge is 2.32. The fourth-order valence-electron chi connectivity index (χ4n) is 4.12. The van der Waals surface area contributed by atoms with Crippen molar-refractivity contribution in [2.75, 3.05) is 5.32 Å². The minimum atomic E-state index is -3.48. The SMILES string of the molecule is O=C1CCC(c2ccc(C(=O)Nc3ccccc3S(=O)(=O)C3CCCC3)cc2)N1. The van der Waals surface area contributed by atoms with Crippen LogP contribution in [-0.4, -0.2) is 25.5 Å². The minimum absolute atomic E-state index is 0.0168. The molecule has 0 radical (unpaired) electrons. The quantitative estimate of drug-likeness (QED) is 0.785. The third-order valence-corrected chi connectivity index (χ3v) is 8.07. The molecule has 1 unspecified atom stereocenters. The molecule has 0 bridgehead atoms. The Hall–Kier alpha value is -2.67. The Morgan fingerprint density at radius 3 is 2.31 bits per heavy atom. The number of hydrogen-bond donors (Lipinski definition) is 2. The van der Waals surface area contributed by atoms with Crippen molar-refractivity contribution in [1.82, 2.24) is 5.32 Å². The van der Waals surface area contributed by atoms with Gasteiger partial charge in [-0.25, -0.2) is 8.42 Å². The number of benzene rings is 2. The zero-order valence-corrected chi connectivity index (χ0v) is 16.9. The molecule has 2 N–H and O–H groups in total. The van der Waals surface area contributed by atoms with Crippen molar-refractivity contribution >= 4 is 27.3 Å². The molecule has 1 heterocycles. The van der Waals surface area contributed by atoms with Gasteiger partial charge in [0.2, 0.25) is 5.91 Å². The summed E-state index contributed by atoms with van der Waals surface area (Å²) in [7, 11) is -3.48. The summed E-state index contributed by atoms with van der Waals surface area (Å²) in [5, 5.41) is 5.29. The van der Waals surface area contributed by atoms with Crippen molar-refractivity contribution in [3.63, 3.8) is 0 Å². The summed E-state index contributed by atoms with van der Waals surface area (Å²) < 4.78 is 26.0. The van der Waals surface area contributed by atoms with Crippen LogP contribution in [0, 0.1) is 0 Å². The maximum atomic E-state index is 13.0. The van der Waals surface area contributed by atoms with Gasteiger partial charge in [0.15, 0.2) is 9.84 Å². The van der Waals surface area contributed by atoms with Crippen molar-refractivity contribution in [3.8, 4) is 0 Å². The molecule has 0 aromatic heterocycles. The topological polar surface area (TPSA) is 92.3 Å². The van der Waals surface area contributed by atoms with Crippen LogP contribution in [0.15, 0.2) is 53.4 Å². The van der Waals surface area contributed by atoms with E-state index < -0.39 is 9.84 Å². The number of carbonyl (C=O) groups excluding carboxylic acids is 2. The van der Waals surface area contributed by atoms with Gasteiger partial charge in [-0.1, -0.05) is 37.1 Å². The summed E-state index contributed by atoms with van der Waals surface area (Å²) in [6, 6.07) is 13.6. The fourth-order valence-corrected chi connectivity index (χ4v) is 6.13. The molecule has 2 amide bonds. The molecule has 2 aliphatic rings. The molecule has 2 fully saturated rings. The van der Waals surface area contributed by atoms with E-state index in [0.717, 1.165) is 24.8 Å². The minimum Gasteiger partial charge on any atom is -0.349 e. The van der Waals surface area contributed by atoms with Gasteiger partial charge < -0.3 is 10.6 Å². The van der Waals surface area contributed by atoms with Crippen LogP contribution in [0.3, 0.4) is 0 Å². The zero-order valence-electron chi connectivity index (χ0n) is 16.1. The first kappa shape index (κ1) is 19.6. The number of carbonyl (C=O) groups is 2. The van der Waals surface area contributed by atoms with Crippen LogP contribution < -0.4 is 10.6 Å². The molecule has 2 aromatic carbocycles. The molecule has 1 aliphatic carbocycles. The van der Waals surface area contributed by atoms with Gasteiger partial charge in [0.25, 0.3) is 5.91 Å². The van der Waals surface area contributed by atoms with Gasteiger partial charge in [0, 0.05) is 12.0 Å². The van der Waals surface area contributed by atoms with Crippen molar-refractivity contribution in [2.24, 2.45) is 0 Å². The highest BCUT2D eigenvalue weighted by Crippen LogP contribution is 2.33. The molecule has 2 aromatic rings. The Kier molecular flexibility index (Phi) is 5.41. The summed E-state index contributed by atoms with van der Waals surface area (Å²) in [6.45, 7) is 0. The first-order valence-electron chi connectivity index (χ1n) is 9.99. The monoisotopic (exact) mass is 412 g/mol. The van der Waals surface area contributed by atoms with E-state index in [-0.39, 0.29) is 28.0 Å². The van der Waals surface area contributed by atoms with Crippen molar-refractivity contribution < 1.29 is 18.0 Å². The molecular weight excluding hydrogens is 388 g/mol. The summed E-state index contributed by atoms with van der Waals surface area (Å²) >= 11 is 0. The number of nitrogens with one attached hydrogen (secondary N) is 2. The summed E-state index contributed by atoms with van der Waals surface area (Å²) in [5.74, 6) is -0.321. The van der Waals surface area contributed by atoms with Crippen LogP contribution in [-0.2, 0) is 14.6 Å². The summed E-state index contributed by atoms with van der Waals surface area (Å²) in [4.78, 5) is 24.3. The number of hydrogen-bond acceptors (Lipinski definition) is 4. The predicted octanol–water partition coefficient (Wildman–Crippen LogP) is 3.61. The van der Waals surface area contributed by atoms with E-state index in [0.29, 0.717) is 30.5 Å². The van der Waals surface area contributed by atoms with E-state index in [1.165, 1.54) is 0 Å². The number of sulfone groups is 1. The van der Waals surface area contributed by atoms with Crippen LogP contribution in [0.1, 0.15) is 60.5 Å². The number of amides is 2. The van der Waals surface area contributed by atoms with Gasteiger partial charge >= 0.3 is 0 Å². The number of para-hydroxylation sites is 1. The molecule has 1 saturated carbocycles. The fraction of sp³-hybridized carbons (Fsp3) is 0.364. The molecule has 7 heteroatoms. The lowest BCUT2D eigenvalue weighted by Crippen LogP contribution is -2.21. The third kappa shape index (κ3) is 4.05. The summed E-state index contributed by atoms with van der Waals surface area (Å²) in [5.41, 5.74) is 1.71. The van der Waals surface area contributed by atoms with Gasteiger partial charge in [0.05, 0.1) is 21.9 Å². The van der Waals surface area contributed by atoms with Gasteiger partial charge in [-0.3, -0.25) is 9.59 Å². The van der Waals surface area contributed by atoms with Gasteiger partial charge in [0.1, 0.15) is 0 Å². The van der Waals surface area contributed by atoms with Gasteiger partial charge in [-0.05, 0) is 49.1 Å². The molecule has 6 nitrogen and oxygen atoms in total. The third-order valence-electron chi connectivity index (χ3n) is 5.75. The van der Waals surface area contributed by atoms with Crippen molar-refractivity contribution in [2.45, 2.75) is 54.7 Å². The van der Waals surface area contributed by atoms with Crippen molar-refractivity contribution in [3.05, 3.63) is 59.7 Å². The average molecular weight is 413 g/mol. The smallest absolute Gasteiger partial charge is 0.255 e. The molecular formula is C22H24N2O4S. The molecule has 1 aliphatic heterocycles. The van der Waals surface area contributed by atoms with Crippen LogP contribution >= 0.6 is 0 Å². The van der Waals surface area contributed by atoms with Gasteiger partial charge in [-0.15, -0.1) is 0 Å². The second-order valence-corrected chi connectivity index (χ2v) is 9.88. The first-order valence-corrected chi connectivity index (χ1v) is 11.5. The van der Waals surface area contributed by atoms with E-state index in [4.69, 9.17) is 0 Å². The maximum Gasteiger partial charge on any atom is 0.255 e. The Bertz CT molecular complexity index is 1030. The largest absolute Gasteiger partial charge is 0.349 e. The lowest BCUT2D eigenvalue weighted by Gasteiger charge is -2.16. The van der Waals surface area contributed by atoms with E-state index in [2.05, 4.69) is 10.6 Å². The van der Waals surface area contributed by atoms with Crippen LogP contribution in [0.4, 0.5) is 5.69 Å². The lowest BCUT2D eigenvalue weighted by atomic mass is 10.0. The zero-order chi connectivity index (χ0) is 20.4. The van der Waals surface area contributed by atoms with Crippen LogP contribution in [0.25, 0.3) is 0 Å². The second kappa shape index (κ2) is 7.99. The second-order valence-electron chi connectivity index (χ2n) is 7.68. The van der Waals surface area contributed by atoms with Crippen LogP contribution in [0.5, 0.6) is 0 Å². The number of rotatable bonds is 5. The average Bonchev–Trinajstić information content (AvgIpc) is 3.41. The Labute approximate surface area is 170 Å². The van der Waals surface area contributed by atoms with Crippen LogP contribution in [0.2, 0.25) is 0 Å². The Balaban J connectivity index is 1.52. The molecule has 152 valence electrons.